The van der Waals surface area contributed by atoms with Gasteiger partial charge in [-0.15, -0.1) is 0 Å². The van der Waals surface area contributed by atoms with Crippen molar-refractivity contribution in [2.24, 2.45) is 0 Å². The summed E-state index contributed by atoms with van der Waals surface area (Å²) in [6.07, 6.45) is 2.33. The van der Waals surface area contributed by atoms with Gasteiger partial charge in [0.05, 0.1) is 0 Å². The van der Waals surface area contributed by atoms with Crippen molar-refractivity contribution >= 4 is 11.6 Å². The molecule has 0 aromatic heterocycles. The third-order valence-corrected chi connectivity index (χ3v) is 3.70. The smallest absolute Gasteiger partial charge is 0.123 e. The Labute approximate surface area is 120 Å². The van der Waals surface area contributed by atoms with Crippen molar-refractivity contribution in [3.05, 3.63) is 28.8 Å². The molecule has 1 aliphatic heterocycles. The first-order chi connectivity index (χ1) is 9.04. The van der Waals surface area contributed by atoms with Crippen molar-refractivity contribution in [3.63, 3.8) is 0 Å². The fourth-order valence-electron chi connectivity index (χ4n) is 2.29. The summed E-state index contributed by atoms with van der Waals surface area (Å²) in [5.41, 5.74) is 1.22. The summed E-state index contributed by atoms with van der Waals surface area (Å²) in [5, 5.41) is 4.33. The summed E-state index contributed by atoms with van der Waals surface area (Å²) in [4.78, 5) is 2.21. The average molecular weight is 283 g/mol. The van der Waals surface area contributed by atoms with Crippen molar-refractivity contribution in [1.82, 2.24) is 10.2 Å². The topological polar surface area (TPSA) is 24.5 Å². The summed E-state index contributed by atoms with van der Waals surface area (Å²) in [7, 11) is 4.21. The summed E-state index contributed by atoms with van der Waals surface area (Å²) in [6, 6.07) is 6.37. The number of hydrogen-bond donors (Lipinski definition) is 1. The predicted octanol–water partition coefficient (Wildman–Crippen LogP) is 2.57. The molecule has 0 radical (unpaired) electrons. The van der Waals surface area contributed by atoms with Crippen LogP contribution in [0.25, 0.3) is 0 Å². The lowest BCUT2D eigenvalue weighted by molar-refractivity contribution is 0.219. The Hall–Kier alpha value is -0.770. The van der Waals surface area contributed by atoms with Crippen molar-refractivity contribution in [3.8, 4) is 5.75 Å². The van der Waals surface area contributed by atoms with Gasteiger partial charge >= 0.3 is 0 Å². The van der Waals surface area contributed by atoms with Crippen LogP contribution in [0.15, 0.2) is 18.2 Å². The van der Waals surface area contributed by atoms with Gasteiger partial charge in [-0.1, -0.05) is 11.6 Å². The van der Waals surface area contributed by atoms with Gasteiger partial charge in [0.1, 0.15) is 11.9 Å². The summed E-state index contributed by atoms with van der Waals surface area (Å²) in [5.74, 6) is 0.983. The second kappa shape index (κ2) is 6.60. The van der Waals surface area contributed by atoms with Gasteiger partial charge in [0.15, 0.2) is 0 Å². The lowest BCUT2D eigenvalue weighted by Gasteiger charge is -2.19. The van der Waals surface area contributed by atoms with E-state index in [1.54, 1.807) is 0 Å². The highest BCUT2D eigenvalue weighted by Gasteiger charge is 2.23. The molecule has 19 heavy (non-hydrogen) atoms. The lowest BCUT2D eigenvalue weighted by Crippen LogP contribution is -2.37. The molecule has 2 unspecified atom stereocenters. The summed E-state index contributed by atoms with van der Waals surface area (Å²) in [6.45, 7) is 4.22. The van der Waals surface area contributed by atoms with Gasteiger partial charge in [0, 0.05) is 24.0 Å². The first kappa shape index (κ1) is 14.6. The average Bonchev–Trinajstić information content (AvgIpc) is 2.75. The Morgan fingerprint density at radius 2 is 2.26 bits per heavy atom. The first-order valence-corrected chi connectivity index (χ1v) is 7.25. The molecule has 0 saturated heterocycles. The Morgan fingerprint density at radius 3 is 3.00 bits per heavy atom. The first-order valence-electron chi connectivity index (χ1n) is 6.88. The fourth-order valence-corrected chi connectivity index (χ4v) is 2.48. The van der Waals surface area contributed by atoms with Crippen molar-refractivity contribution in [2.75, 3.05) is 27.2 Å². The van der Waals surface area contributed by atoms with Gasteiger partial charge in [-0.25, -0.2) is 0 Å². The number of nitrogens with zero attached hydrogens (tertiary/aromatic N) is 1. The molecule has 0 bridgehead atoms. The molecule has 0 aliphatic carbocycles. The minimum absolute atomic E-state index is 0.232. The minimum Gasteiger partial charge on any atom is -0.488 e. The molecular weight excluding hydrogens is 260 g/mol. The molecule has 0 fully saturated rings. The van der Waals surface area contributed by atoms with E-state index < -0.39 is 0 Å². The van der Waals surface area contributed by atoms with Crippen LogP contribution in [0.1, 0.15) is 18.9 Å². The molecule has 2 rings (SSSR count). The molecule has 0 spiro atoms. The van der Waals surface area contributed by atoms with E-state index in [1.165, 1.54) is 5.56 Å². The minimum atomic E-state index is 0.232. The third kappa shape index (κ3) is 4.37. The van der Waals surface area contributed by atoms with Crippen LogP contribution in [0.5, 0.6) is 5.75 Å². The lowest BCUT2D eigenvalue weighted by atomic mass is 10.1. The summed E-state index contributed by atoms with van der Waals surface area (Å²) >= 11 is 5.99. The SMILES string of the molecule is CC(CCN(C)C)NCC1Cc2cc(Cl)ccc2O1. The highest BCUT2D eigenvalue weighted by atomic mass is 35.5. The Bertz CT molecular complexity index is 423. The molecule has 2 atom stereocenters. The van der Waals surface area contributed by atoms with E-state index in [9.17, 15) is 0 Å². The van der Waals surface area contributed by atoms with Crippen LogP contribution >= 0.6 is 11.6 Å². The molecule has 0 amide bonds. The van der Waals surface area contributed by atoms with Crippen molar-refractivity contribution in [1.29, 1.82) is 0 Å². The number of fused-ring (bicyclic) bond motifs is 1. The van der Waals surface area contributed by atoms with Crippen LogP contribution in [0.2, 0.25) is 5.02 Å². The van der Waals surface area contributed by atoms with E-state index in [2.05, 4.69) is 31.2 Å². The van der Waals surface area contributed by atoms with Gasteiger partial charge in [-0.3, -0.25) is 0 Å². The predicted molar refractivity (Wildman–Crippen MR) is 80.2 cm³/mol. The van der Waals surface area contributed by atoms with Crippen molar-refractivity contribution in [2.45, 2.75) is 31.9 Å². The monoisotopic (exact) mass is 282 g/mol. The molecule has 1 aromatic carbocycles. The van der Waals surface area contributed by atoms with Crippen LogP contribution in [0.4, 0.5) is 0 Å². The molecule has 1 N–H and O–H groups in total. The van der Waals surface area contributed by atoms with E-state index in [4.69, 9.17) is 16.3 Å². The Kier molecular flexibility index (Phi) is 5.08. The number of halogens is 1. The molecule has 1 aromatic rings. The molecule has 1 aliphatic rings. The fraction of sp³-hybridized carbons (Fsp3) is 0.600. The Balaban J connectivity index is 1.75. The van der Waals surface area contributed by atoms with Crippen LogP contribution in [-0.2, 0) is 6.42 Å². The normalized spacial score (nSPS) is 19.3. The highest BCUT2D eigenvalue weighted by molar-refractivity contribution is 6.30. The third-order valence-electron chi connectivity index (χ3n) is 3.47. The van der Waals surface area contributed by atoms with Crippen LogP contribution in [-0.4, -0.2) is 44.2 Å². The van der Waals surface area contributed by atoms with Crippen LogP contribution < -0.4 is 10.1 Å². The van der Waals surface area contributed by atoms with E-state index in [1.807, 2.05) is 18.2 Å². The largest absolute Gasteiger partial charge is 0.488 e. The Morgan fingerprint density at radius 1 is 1.47 bits per heavy atom. The van der Waals surface area contributed by atoms with Gasteiger partial charge in [-0.05, 0) is 57.7 Å². The molecule has 3 nitrogen and oxygen atoms in total. The van der Waals surface area contributed by atoms with E-state index in [-0.39, 0.29) is 6.10 Å². The number of hydrogen-bond acceptors (Lipinski definition) is 3. The molecule has 4 heteroatoms. The van der Waals surface area contributed by atoms with Gasteiger partial charge in [0.25, 0.3) is 0 Å². The second-order valence-electron chi connectivity index (χ2n) is 5.60. The zero-order chi connectivity index (χ0) is 13.8. The zero-order valence-electron chi connectivity index (χ0n) is 11.9. The van der Waals surface area contributed by atoms with Crippen molar-refractivity contribution < 1.29 is 4.74 Å². The van der Waals surface area contributed by atoms with E-state index in [0.29, 0.717) is 6.04 Å². The summed E-state index contributed by atoms with van der Waals surface area (Å²) < 4.78 is 5.91. The molecular formula is C15H23ClN2O. The van der Waals surface area contributed by atoms with Crippen LogP contribution in [0, 0.1) is 0 Å². The number of nitrogens with one attached hydrogen (secondary N) is 1. The number of benzene rings is 1. The maximum absolute atomic E-state index is 5.99. The molecule has 1 heterocycles. The molecule has 0 saturated carbocycles. The zero-order valence-corrected chi connectivity index (χ0v) is 12.7. The maximum Gasteiger partial charge on any atom is 0.123 e. The van der Waals surface area contributed by atoms with Gasteiger partial charge in [0.2, 0.25) is 0 Å². The quantitative estimate of drug-likeness (QED) is 0.868. The maximum atomic E-state index is 5.99. The van der Waals surface area contributed by atoms with Gasteiger partial charge < -0.3 is 15.0 Å². The number of ether oxygens (including phenoxy) is 1. The van der Waals surface area contributed by atoms with E-state index >= 15 is 0 Å². The number of rotatable bonds is 6. The van der Waals surface area contributed by atoms with Crippen LogP contribution in [0.3, 0.4) is 0 Å². The highest BCUT2D eigenvalue weighted by Crippen LogP contribution is 2.30. The standard InChI is InChI=1S/C15H23ClN2O/c1-11(6-7-18(2)3)17-10-14-9-12-8-13(16)4-5-15(12)19-14/h4-5,8,11,14,17H,6-7,9-10H2,1-3H3. The molecule has 106 valence electrons. The second-order valence-corrected chi connectivity index (χ2v) is 6.03. The van der Waals surface area contributed by atoms with E-state index in [0.717, 1.165) is 36.7 Å². The van der Waals surface area contributed by atoms with Gasteiger partial charge in [-0.2, -0.15) is 0 Å².